The van der Waals surface area contributed by atoms with E-state index in [9.17, 15) is 13.2 Å². The van der Waals surface area contributed by atoms with Crippen LogP contribution in [0.2, 0.25) is 0 Å². The number of anilines is 2. The Hall–Kier alpha value is -3.38. The van der Waals surface area contributed by atoms with Crippen LogP contribution in [0.4, 0.5) is 10.8 Å². The highest BCUT2D eigenvalue weighted by molar-refractivity contribution is 7.92. The van der Waals surface area contributed by atoms with Gasteiger partial charge in [-0.15, -0.1) is 10.2 Å². The van der Waals surface area contributed by atoms with Crippen LogP contribution in [0.25, 0.3) is 10.6 Å². The van der Waals surface area contributed by atoms with Crippen molar-refractivity contribution in [3.05, 3.63) is 42.5 Å². The molecule has 1 aromatic heterocycles. The van der Waals surface area contributed by atoms with Gasteiger partial charge < -0.3 is 14.2 Å². The molecule has 0 spiro atoms. The van der Waals surface area contributed by atoms with E-state index < -0.39 is 22.0 Å². The Morgan fingerprint density at radius 3 is 2.24 bits per heavy atom. The van der Waals surface area contributed by atoms with Crippen LogP contribution in [0.1, 0.15) is 6.92 Å². The highest BCUT2D eigenvalue weighted by Crippen LogP contribution is 2.34. The van der Waals surface area contributed by atoms with Crippen molar-refractivity contribution >= 4 is 38.1 Å². The molecule has 12 heteroatoms. The van der Waals surface area contributed by atoms with E-state index in [2.05, 4.69) is 15.5 Å². The number of nitrogens with one attached hydrogen (secondary N) is 1. The summed E-state index contributed by atoms with van der Waals surface area (Å²) >= 11 is 1.17. The number of aromatic nitrogens is 2. The van der Waals surface area contributed by atoms with Gasteiger partial charge in [0.1, 0.15) is 16.8 Å². The molecule has 0 saturated carbocycles. The fourth-order valence-corrected chi connectivity index (χ4v) is 5.02. The molecule has 0 fully saturated rings. The molecule has 176 valence electrons. The number of hydrogen-bond acceptors (Lipinski definition) is 9. The summed E-state index contributed by atoms with van der Waals surface area (Å²) in [6, 6.07) is 10.8. The lowest BCUT2D eigenvalue weighted by molar-refractivity contribution is -0.116. The van der Waals surface area contributed by atoms with Crippen LogP contribution in [-0.4, -0.2) is 58.1 Å². The number of carbonyl (C=O) groups is 1. The highest BCUT2D eigenvalue weighted by atomic mass is 32.2. The fourth-order valence-electron chi connectivity index (χ4n) is 3.10. The molecule has 0 unspecified atom stereocenters. The largest absolute Gasteiger partial charge is 0.497 e. The SMILES string of the molecule is COc1ccc(-c2nnc(NC(=O)[C@@H](C)N(c3ccc(OC)c(OC)c3)S(C)(=O)=O)s2)cc1. The van der Waals surface area contributed by atoms with E-state index in [4.69, 9.17) is 14.2 Å². The molecule has 2 aromatic carbocycles. The van der Waals surface area contributed by atoms with Gasteiger partial charge in [0.25, 0.3) is 0 Å². The third-order valence-corrected chi connectivity index (χ3v) is 6.83. The molecule has 0 saturated heterocycles. The molecular formula is C21H24N4O6S2. The van der Waals surface area contributed by atoms with Crippen LogP contribution >= 0.6 is 11.3 Å². The number of nitrogens with zero attached hydrogens (tertiary/aromatic N) is 3. The Labute approximate surface area is 196 Å². The van der Waals surface area contributed by atoms with Crippen LogP contribution in [0.3, 0.4) is 0 Å². The molecule has 0 radical (unpaired) electrons. The zero-order valence-corrected chi connectivity index (χ0v) is 20.4. The van der Waals surface area contributed by atoms with E-state index in [1.165, 1.54) is 38.5 Å². The number of hydrogen-bond donors (Lipinski definition) is 1. The molecule has 0 aliphatic carbocycles. The van der Waals surface area contributed by atoms with Crippen LogP contribution in [0.15, 0.2) is 42.5 Å². The molecule has 33 heavy (non-hydrogen) atoms. The lowest BCUT2D eigenvalue weighted by atomic mass is 10.2. The fraction of sp³-hybridized carbons (Fsp3) is 0.286. The second-order valence-corrected chi connectivity index (χ2v) is 9.74. The lowest BCUT2D eigenvalue weighted by Crippen LogP contribution is -2.45. The zero-order valence-electron chi connectivity index (χ0n) is 18.7. The van der Waals surface area contributed by atoms with Crippen molar-refractivity contribution in [2.45, 2.75) is 13.0 Å². The Morgan fingerprint density at radius 2 is 1.67 bits per heavy atom. The number of carbonyl (C=O) groups excluding carboxylic acids is 1. The predicted octanol–water partition coefficient (Wildman–Crippen LogP) is 3.02. The van der Waals surface area contributed by atoms with Gasteiger partial charge in [-0.1, -0.05) is 11.3 Å². The molecule has 1 heterocycles. The van der Waals surface area contributed by atoms with Crippen LogP contribution < -0.4 is 23.8 Å². The molecule has 0 aliphatic rings. The van der Waals surface area contributed by atoms with Gasteiger partial charge in [-0.25, -0.2) is 8.42 Å². The first-order valence-electron chi connectivity index (χ1n) is 9.68. The van der Waals surface area contributed by atoms with Gasteiger partial charge in [0.2, 0.25) is 21.1 Å². The zero-order chi connectivity index (χ0) is 24.2. The molecule has 3 aromatic rings. The lowest BCUT2D eigenvalue weighted by Gasteiger charge is -2.28. The summed E-state index contributed by atoms with van der Waals surface area (Å²) in [6.07, 6.45) is 1.03. The van der Waals surface area contributed by atoms with Crippen LogP contribution in [0, 0.1) is 0 Å². The number of amides is 1. The second-order valence-electron chi connectivity index (χ2n) is 6.90. The molecule has 3 rings (SSSR count). The van der Waals surface area contributed by atoms with Crippen molar-refractivity contribution in [3.63, 3.8) is 0 Å². The first-order chi connectivity index (χ1) is 15.7. The highest BCUT2D eigenvalue weighted by Gasteiger charge is 2.30. The summed E-state index contributed by atoms with van der Waals surface area (Å²) in [5.41, 5.74) is 1.07. The Morgan fingerprint density at radius 1 is 1.00 bits per heavy atom. The number of methoxy groups -OCH3 is 3. The average molecular weight is 493 g/mol. The molecule has 1 amide bonds. The molecular weight excluding hydrogens is 468 g/mol. The third-order valence-electron chi connectivity index (χ3n) is 4.70. The second kappa shape index (κ2) is 10.0. The number of sulfonamides is 1. The average Bonchev–Trinajstić information content (AvgIpc) is 3.26. The first-order valence-corrected chi connectivity index (χ1v) is 12.3. The molecule has 0 bridgehead atoms. The minimum atomic E-state index is -3.81. The van der Waals surface area contributed by atoms with E-state index >= 15 is 0 Å². The predicted molar refractivity (Wildman–Crippen MR) is 127 cm³/mol. The van der Waals surface area contributed by atoms with Gasteiger partial charge in [-0.3, -0.25) is 14.4 Å². The Kier molecular flexibility index (Phi) is 7.39. The molecule has 0 aliphatic heterocycles. The van der Waals surface area contributed by atoms with Gasteiger partial charge in [-0.05, 0) is 43.3 Å². The van der Waals surface area contributed by atoms with E-state index in [0.29, 0.717) is 22.3 Å². The van der Waals surface area contributed by atoms with Crippen molar-refractivity contribution in [1.82, 2.24) is 10.2 Å². The quantitative estimate of drug-likeness (QED) is 0.484. The normalized spacial score (nSPS) is 12.0. The summed E-state index contributed by atoms with van der Waals surface area (Å²) in [6.45, 7) is 1.48. The standard InChI is InChI=1S/C21H24N4O6S2/c1-13(25(33(5,27)28)15-8-11-17(30-3)18(12-15)31-4)19(26)22-21-24-23-20(32-21)14-6-9-16(29-2)10-7-14/h6-13H,1-5H3,(H,22,24,26)/t13-/m1/s1. The Bertz CT molecular complexity index is 1230. The topological polar surface area (TPSA) is 120 Å². The van der Waals surface area contributed by atoms with Crippen molar-refractivity contribution in [2.75, 3.05) is 37.2 Å². The van der Waals surface area contributed by atoms with Gasteiger partial charge in [0, 0.05) is 11.6 Å². The smallest absolute Gasteiger partial charge is 0.249 e. The van der Waals surface area contributed by atoms with E-state index in [-0.39, 0.29) is 10.8 Å². The third kappa shape index (κ3) is 5.52. The number of ether oxygens (including phenoxy) is 3. The minimum Gasteiger partial charge on any atom is -0.497 e. The maximum atomic E-state index is 12.9. The maximum Gasteiger partial charge on any atom is 0.249 e. The van der Waals surface area contributed by atoms with E-state index in [1.54, 1.807) is 31.4 Å². The van der Waals surface area contributed by atoms with Gasteiger partial charge in [-0.2, -0.15) is 0 Å². The van der Waals surface area contributed by atoms with Crippen molar-refractivity contribution in [2.24, 2.45) is 0 Å². The number of benzene rings is 2. The van der Waals surface area contributed by atoms with Gasteiger partial charge in [0.15, 0.2) is 11.5 Å². The van der Waals surface area contributed by atoms with Crippen molar-refractivity contribution in [3.8, 4) is 27.8 Å². The van der Waals surface area contributed by atoms with Crippen molar-refractivity contribution in [1.29, 1.82) is 0 Å². The van der Waals surface area contributed by atoms with Gasteiger partial charge >= 0.3 is 0 Å². The Balaban J connectivity index is 1.82. The summed E-state index contributed by atoms with van der Waals surface area (Å²) in [5, 5.41) is 11.6. The van der Waals surface area contributed by atoms with Gasteiger partial charge in [0.05, 0.1) is 33.3 Å². The van der Waals surface area contributed by atoms with Crippen LogP contribution in [0.5, 0.6) is 17.2 Å². The number of rotatable bonds is 9. The first kappa shape index (κ1) is 24.3. The molecule has 10 nitrogen and oxygen atoms in total. The van der Waals surface area contributed by atoms with Crippen LogP contribution in [-0.2, 0) is 14.8 Å². The summed E-state index contributed by atoms with van der Waals surface area (Å²) in [7, 11) is 0.687. The summed E-state index contributed by atoms with van der Waals surface area (Å²) in [4.78, 5) is 12.9. The minimum absolute atomic E-state index is 0.249. The van der Waals surface area contributed by atoms with E-state index in [1.807, 2.05) is 12.1 Å². The maximum absolute atomic E-state index is 12.9. The molecule has 1 N–H and O–H groups in total. The van der Waals surface area contributed by atoms with Crippen molar-refractivity contribution < 1.29 is 27.4 Å². The van der Waals surface area contributed by atoms with E-state index in [0.717, 1.165) is 16.1 Å². The monoisotopic (exact) mass is 492 g/mol. The summed E-state index contributed by atoms with van der Waals surface area (Å²) < 4.78 is 41.7. The molecule has 1 atom stereocenters. The summed E-state index contributed by atoms with van der Waals surface area (Å²) in [5.74, 6) is 0.922.